The Hall–Kier alpha value is -2.41. The number of aromatic nitrogens is 1. The smallest absolute Gasteiger partial charge is 0.411 e. The molecule has 1 aliphatic heterocycles. The normalized spacial score (nSPS) is 18.4. The number of nitrogens with one attached hydrogen (secondary N) is 2. The first-order chi connectivity index (χ1) is 11.8. The molecule has 1 aromatic heterocycles. The van der Waals surface area contributed by atoms with E-state index < -0.39 is 29.3 Å². The predicted molar refractivity (Wildman–Crippen MR) is 92.2 cm³/mol. The second kappa shape index (κ2) is 6.48. The zero-order valence-corrected chi connectivity index (χ0v) is 14.6. The fourth-order valence-corrected chi connectivity index (χ4v) is 2.92. The highest BCUT2D eigenvalue weighted by molar-refractivity contribution is 6.04. The zero-order chi connectivity index (χ0) is 18.2. The first-order valence-electron chi connectivity index (χ1n) is 8.27. The second-order valence-corrected chi connectivity index (χ2v) is 7.15. The Bertz CT molecular complexity index is 809. The van der Waals surface area contributed by atoms with Crippen LogP contribution in [0, 0.1) is 5.82 Å². The molecule has 0 radical (unpaired) electrons. The maximum Gasteiger partial charge on any atom is 0.411 e. The van der Waals surface area contributed by atoms with Gasteiger partial charge in [0.1, 0.15) is 17.5 Å². The topological polar surface area (TPSA) is 74.4 Å². The Morgan fingerprint density at radius 3 is 2.80 bits per heavy atom. The third-order valence-electron chi connectivity index (χ3n) is 4.08. The van der Waals surface area contributed by atoms with E-state index >= 15 is 0 Å². The lowest BCUT2D eigenvalue weighted by Gasteiger charge is -2.36. The molecule has 1 saturated heterocycles. The van der Waals surface area contributed by atoms with Gasteiger partial charge in [0.25, 0.3) is 0 Å². The molecule has 7 heteroatoms. The van der Waals surface area contributed by atoms with Gasteiger partial charge in [-0.3, -0.25) is 9.69 Å². The number of hydrogen-bond donors (Lipinski definition) is 2. The van der Waals surface area contributed by atoms with E-state index in [1.54, 1.807) is 33.0 Å². The average molecular weight is 347 g/mol. The summed E-state index contributed by atoms with van der Waals surface area (Å²) < 4.78 is 19.8. The molecule has 3 rings (SSSR count). The van der Waals surface area contributed by atoms with Crippen molar-refractivity contribution in [3.8, 4) is 0 Å². The van der Waals surface area contributed by atoms with Crippen LogP contribution in [0.3, 0.4) is 0 Å². The molecule has 1 aliphatic rings. The van der Waals surface area contributed by atoms with Gasteiger partial charge in [0.15, 0.2) is 5.78 Å². The van der Waals surface area contributed by atoms with Crippen LogP contribution in [0.2, 0.25) is 0 Å². The highest BCUT2D eigenvalue weighted by Crippen LogP contribution is 2.22. The number of ether oxygens (including phenoxy) is 1. The predicted octanol–water partition coefficient (Wildman–Crippen LogP) is 2.70. The first kappa shape index (κ1) is 17.4. The number of benzene rings is 1. The van der Waals surface area contributed by atoms with Gasteiger partial charge in [-0.05, 0) is 39.0 Å². The Morgan fingerprint density at radius 2 is 2.08 bits per heavy atom. The molecule has 1 aromatic carbocycles. The molecule has 1 fully saturated rings. The van der Waals surface area contributed by atoms with Crippen molar-refractivity contribution >= 4 is 22.8 Å². The van der Waals surface area contributed by atoms with Crippen molar-refractivity contribution in [3.05, 3.63) is 35.8 Å². The monoisotopic (exact) mass is 347 g/mol. The number of rotatable bonds is 2. The van der Waals surface area contributed by atoms with Crippen LogP contribution >= 0.6 is 0 Å². The van der Waals surface area contributed by atoms with E-state index in [4.69, 9.17) is 4.74 Å². The van der Waals surface area contributed by atoms with Gasteiger partial charge < -0.3 is 15.0 Å². The Kier molecular flexibility index (Phi) is 4.51. The number of carbonyl (C=O) groups excluding carboxylic acids is 2. The lowest BCUT2D eigenvalue weighted by molar-refractivity contribution is 0.0124. The number of hydrogen-bond acceptors (Lipinski definition) is 4. The molecular weight excluding hydrogens is 325 g/mol. The number of Topliss-reactive ketones (excluding diaryl/α,β-unsaturated/α-hetero) is 1. The third-order valence-corrected chi connectivity index (χ3v) is 4.08. The summed E-state index contributed by atoms with van der Waals surface area (Å²) in [5.41, 5.74) is -0.0150. The molecule has 1 amide bonds. The number of ketones is 1. The minimum absolute atomic E-state index is 0.0304. The van der Waals surface area contributed by atoms with Crippen molar-refractivity contribution in [2.24, 2.45) is 0 Å². The summed E-state index contributed by atoms with van der Waals surface area (Å²) in [7, 11) is 0. The number of carbonyl (C=O) groups is 2. The largest absolute Gasteiger partial charge is 0.444 e. The van der Waals surface area contributed by atoms with Gasteiger partial charge in [0.05, 0.1) is 5.56 Å². The van der Waals surface area contributed by atoms with Gasteiger partial charge in [0, 0.05) is 36.7 Å². The van der Waals surface area contributed by atoms with Crippen LogP contribution in [-0.2, 0) is 4.74 Å². The van der Waals surface area contributed by atoms with Crippen LogP contribution in [0.4, 0.5) is 9.18 Å². The van der Waals surface area contributed by atoms with Crippen molar-refractivity contribution in [1.29, 1.82) is 0 Å². The number of H-pyrrole nitrogens is 1. The van der Waals surface area contributed by atoms with E-state index in [1.807, 2.05) is 0 Å². The van der Waals surface area contributed by atoms with E-state index in [1.165, 1.54) is 17.0 Å². The Morgan fingerprint density at radius 1 is 1.32 bits per heavy atom. The third kappa shape index (κ3) is 3.66. The maximum absolute atomic E-state index is 14.4. The molecule has 0 spiro atoms. The number of nitrogens with zero attached hydrogens (tertiary/aromatic N) is 1. The fourth-order valence-electron chi connectivity index (χ4n) is 2.92. The van der Waals surface area contributed by atoms with Gasteiger partial charge in [-0.2, -0.15) is 0 Å². The van der Waals surface area contributed by atoms with Crippen LogP contribution in [0.15, 0.2) is 24.4 Å². The molecule has 134 valence electrons. The van der Waals surface area contributed by atoms with Crippen molar-refractivity contribution in [1.82, 2.24) is 15.2 Å². The molecule has 2 aromatic rings. The average Bonchev–Trinajstić information content (AvgIpc) is 2.99. The highest BCUT2D eigenvalue weighted by Gasteiger charge is 2.36. The summed E-state index contributed by atoms with van der Waals surface area (Å²) in [5, 5.41) is 3.78. The number of fused-ring (bicyclic) bond motifs is 1. The lowest BCUT2D eigenvalue weighted by atomic mass is 10.00. The molecule has 0 saturated carbocycles. The number of piperazine rings is 1. The summed E-state index contributed by atoms with van der Waals surface area (Å²) in [6.45, 7) is 6.45. The number of halogens is 1. The molecule has 2 heterocycles. The van der Waals surface area contributed by atoms with Crippen LogP contribution in [0.5, 0.6) is 0 Å². The van der Waals surface area contributed by atoms with Crippen molar-refractivity contribution < 1.29 is 18.7 Å². The van der Waals surface area contributed by atoms with Gasteiger partial charge in [-0.15, -0.1) is 0 Å². The van der Waals surface area contributed by atoms with E-state index in [9.17, 15) is 14.0 Å². The molecular formula is C18H22FN3O3. The number of aromatic amines is 1. The van der Waals surface area contributed by atoms with Crippen LogP contribution < -0.4 is 5.32 Å². The molecule has 1 unspecified atom stereocenters. The van der Waals surface area contributed by atoms with Crippen molar-refractivity contribution in [2.45, 2.75) is 32.4 Å². The van der Waals surface area contributed by atoms with Gasteiger partial charge in [-0.25, -0.2) is 9.18 Å². The van der Waals surface area contributed by atoms with Gasteiger partial charge >= 0.3 is 6.09 Å². The SMILES string of the molecule is CC(C)(C)OC(=O)N1CCNCC1C(=O)c1cc2[nH]ccc2cc1F. The zero-order valence-electron chi connectivity index (χ0n) is 14.6. The minimum atomic E-state index is -0.800. The van der Waals surface area contributed by atoms with Crippen LogP contribution in [-0.4, -0.2) is 53.0 Å². The molecule has 25 heavy (non-hydrogen) atoms. The van der Waals surface area contributed by atoms with E-state index in [0.29, 0.717) is 24.0 Å². The maximum atomic E-state index is 14.4. The van der Waals surface area contributed by atoms with Gasteiger partial charge in [0.2, 0.25) is 0 Å². The Labute approximate surface area is 145 Å². The second-order valence-electron chi connectivity index (χ2n) is 7.15. The van der Waals surface area contributed by atoms with E-state index in [2.05, 4.69) is 10.3 Å². The van der Waals surface area contributed by atoms with Crippen LogP contribution in [0.25, 0.3) is 10.9 Å². The molecule has 0 aliphatic carbocycles. The van der Waals surface area contributed by atoms with Crippen molar-refractivity contribution in [3.63, 3.8) is 0 Å². The van der Waals surface area contributed by atoms with Gasteiger partial charge in [-0.1, -0.05) is 0 Å². The fraction of sp³-hybridized carbons (Fsp3) is 0.444. The lowest BCUT2D eigenvalue weighted by Crippen LogP contribution is -2.57. The molecule has 0 bridgehead atoms. The highest BCUT2D eigenvalue weighted by atomic mass is 19.1. The first-order valence-corrected chi connectivity index (χ1v) is 8.27. The molecule has 6 nitrogen and oxygen atoms in total. The van der Waals surface area contributed by atoms with Crippen molar-refractivity contribution in [2.75, 3.05) is 19.6 Å². The van der Waals surface area contributed by atoms with E-state index in [-0.39, 0.29) is 12.1 Å². The summed E-state index contributed by atoms with van der Waals surface area (Å²) in [6.07, 6.45) is 1.13. The Balaban J connectivity index is 1.89. The quantitative estimate of drug-likeness (QED) is 0.819. The summed E-state index contributed by atoms with van der Waals surface area (Å²) in [6, 6.07) is 3.76. The molecule has 2 N–H and O–H groups in total. The standard InChI is InChI=1S/C18H22FN3O3/c1-18(2,3)25-17(24)22-7-6-20-10-15(22)16(23)12-9-14-11(4-5-21-14)8-13(12)19/h4-5,8-9,15,20-21H,6-7,10H2,1-3H3. The summed E-state index contributed by atoms with van der Waals surface area (Å²) in [5.74, 6) is -1.03. The summed E-state index contributed by atoms with van der Waals surface area (Å²) >= 11 is 0. The minimum Gasteiger partial charge on any atom is -0.444 e. The molecule has 1 atom stereocenters. The van der Waals surface area contributed by atoms with E-state index in [0.717, 1.165) is 0 Å². The summed E-state index contributed by atoms with van der Waals surface area (Å²) in [4.78, 5) is 29.7. The number of amides is 1. The van der Waals surface area contributed by atoms with Crippen LogP contribution in [0.1, 0.15) is 31.1 Å².